The molecular weight excluding hydrogens is 248 g/mol. The highest BCUT2D eigenvalue weighted by molar-refractivity contribution is 8.14. The predicted octanol–water partition coefficient (Wildman–Crippen LogP) is 3.00. The van der Waals surface area contributed by atoms with Crippen molar-refractivity contribution in [1.82, 2.24) is 0 Å². The van der Waals surface area contributed by atoms with E-state index in [1.807, 2.05) is 18.2 Å². The van der Waals surface area contributed by atoms with Crippen LogP contribution in [0.5, 0.6) is 11.5 Å². The Bertz CT molecular complexity index is 472. The van der Waals surface area contributed by atoms with Crippen LogP contribution in [-0.2, 0) is 0 Å². The maximum absolute atomic E-state index is 5.34. The van der Waals surface area contributed by atoms with Gasteiger partial charge < -0.3 is 14.8 Å². The standard InChI is InChI=1S/C13H18N2O2S/c1-13(2)8-18-12(15-13)14-10-6-5-9(16-3)7-11(10)17-4/h5-7H,8H2,1-4H3,(H,14,15). The summed E-state index contributed by atoms with van der Waals surface area (Å²) in [6.07, 6.45) is 0. The van der Waals surface area contributed by atoms with E-state index in [4.69, 9.17) is 9.47 Å². The number of benzene rings is 1. The average molecular weight is 266 g/mol. The van der Waals surface area contributed by atoms with Gasteiger partial charge in [0.25, 0.3) is 0 Å². The first-order chi connectivity index (χ1) is 8.54. The van der Waals surface area contributed by atoms with Gasteiger partial charge in [-0.2, -0.15) is 0 Å². The van der Waals surface area contributed by atoms with Gasteiger partial charge in [-0.25, -0.2) is 0 Å². The molecule has 4 nitrogen and oxygen atoms in total. The van der Waals surface area contributed by atoms with Gasteiger partial charge in [0.15, 0.2) is 5.17 Å². The van der Waals surface area contributed by atoms with Crippen molar-refractivity contribution in [3.05, 3.63) is 18.2 Å². The fourth-order valence-electron chi connectivity index (χ4n) is 1.67. The molecule has 1 aromatic carbocycles. The molecule has 1 aliphatic rings. The summed E-state index contributed by atoms with van der Waals surface area (Å²) in [6.45, 7) is 4.25. The second kappa shape index (κ2) is 5.10. The Morgan fingerprint density at radius 3 is 2.61 bits per heavy atom. The number of thioether (sulfide) groups is 1. The van der Waals surface area contributed by atoms with Crippen molar-refractivity contribution in [1.29, 1.82) is 0 Å². The van der Waals surface area contributed by atoms with Crippen LogP contribution >= 0.6 is 11.8 Å². The molecule has 0 saturated carbocycles. The van der Waals surface area contributed by atoms with Crippen molar-refractivity contribution in [2.45, 2.75) is 19.4 Å². The first kappa shape index (κ1) is 13.1. The predicted molar refractivity (Wildman–Crippen MR) is 77.1 cm³/mol. The van der Waals surface area contributed by atoms with Gasteiger partial charge in [0.1, 0.15) is 11.5 Å². The Balaban J connectivity index is 2.19. The van der Waals surface area contributed by atoms with Crippen LogP contribution < -0.4 is 14.8 Å². The number of ether oxygens (including phenoxy) is 2. The summed E-state index contributed by atoms with van der Waals surface area (Å²) in [5.74, 6) is 2.52. The van der Waals surface area contributed by atoms with Crippen LogP contribution in [0.3, 0.4) is 0 Å². The molecule has 0 aromatic heterocycles. The number of anilines is 1. The molecule has 0 amide bonds. The van der Waals surface area contributed by atoms with E-state index in [0.29, 0.717) is 0 Å². The molecule has 1 aromatic rings. The van der Waals surface area contributed by atoms with Crippen molar-refractivity contribution < 1.29 is 9.47 Å². The molecule has 0 spiro atoms. The van der Waals surface area contributed by atoms with Crippen LogP contribution in [0, 0.1) is 0 Å². The number of hydrogen-bond acceptors (Lipinski definition) is 5. The minimum absolute atomic E-state index is 0.00665. The van der Waals surface area contributed by atoms with Crippen molar-refractivity contribution in [2.75, 3.05) is 25.3 Å². The summed E-state index contributed by atoms with van der Waals surface area (Å²) in [5.41, 5.74) is 0.912. The number of aliphatic imine (C=N–C) groups is 1. The summed E-state index contributed by atoms with van der Waals surface area (Å²) in [5, 5.41) is 4.23. The number of nitrogens with zero attached hydrogens (tertiary/aromatic N) is 1. The molecular formula is C13H18N2O2S. The van der Waals surface area contributed by atoms with Crippen LogP contribution in [0.15, 0.2) is 23.2 Å². The van der Waals surface area contributed by atoms with Gasteiger partial charge in [0, 0.05) is 11.8 Å². The Morgan fingerprint density at radius 1 is 1.28 bits per heavy atom. The Morgan fingerprint density at radius 2 is 2.06 bits per heavy atom. The quantitative estimate of drug-likeness (QED) is 0.913. The van der Waals surface area contributed by atoms with E-state index in [0.717, 1.165) is 28.1 Å². The minimum atomic E-state index is 0.00665. The molecule has 1 heterocycles. The number of rotatable bonds is 3. The van der Waals surface area contributed by atoms with Crippen LogP contribution in [0.25, 0.3) is 0 Å². The molecule has 1 aliphatic heterocycles. The summed E-state index contributed by atoms with van der Waals surface area (Å²) < 4.78 is 10.5. The Kier molecular flexibility index (Phi) is 3.71. The third-order valence-corrected chi connectivity index (χ3v) is 3.93. The van der Waals surface area contributed by atoms with Gasteiger partial charge in [0.2, 0.25) is 0 Å². The molecule has 2 rings (SSSR count). The lowest BCUT2D eigenvalue weighted by Crippen LogP contribution is -2.15. The third kappa shape index (κ3) is 2.90. The fraction of sp³-hybridized carbons (Fsp3) is 0.462. The van der Waals surface area contributed by atoms with E-state index in [9.17, 15) is 0 Å². The van der Waals surface area contributed by atoms with Gasteiger partial charge in [-0.1, -0.05) is 11.8 Å². The molecule has 18 heavy (non-hydrogen) atoms. The highest BCUT2D eigenvalue weighted by Gasteiger charge is 2.25. The van der Waals surface area contributed by atoms with E-state index in [-0.39, 0.29) is 5.54 Å². The summed E-state index contributed by atoms with van der Waals surface area (Å²) >= 11 is 1.73. The fourth-order valence-corrected chi connectivity index (χ4v) is 2.71. The maximum atomic E-state index is 5.34. The van der Waals surface area contributed by atoms with E-state index in [1.165, 1.54) is 0 Å². The molecule has 0 unspecified atom stereocenters. The second-order valence-corrected chi connectivity index (χ2v) is 5.67. The van der Waals surface area contributed by atoms with Crippen molar-refractivity contribution in [3.63, 3.8) is 0 Å². The smallest absolute Gasteiger partial charge is 0.161 e. The van der Waals surface area contributed by atoms with E-state index in [1.54, 1.807) is 26.0 Å². The third-order valence-electron chi connectivity index (χ3n) is 2.62. The molecule has 0 radical (unpaired) electrons. The van der Waals surface area contributed by atoms with Gasteiger partial charge in [-0.3, -0.25) is 4.99 Å². The second-order valence-electron chi connectivity index (χ2n) is 4.71. The molecule has 0 aliphatic carbocycles. The first-order valence-electron chi connectivity index (χ1n) is 5.76. The van der Waals surface area contributed by atoms with Crippen molar-refractivity contribution >= 4 is 22.6 Å². The first-order valence-corrected chi connectivity index (χ1v) is 6.74. The van der Waals surface area contributed by atoms with Gasteiger partial charge in [-0.15, -0.1) is 0 Å². The van der Waals surface area contributed by atoms with Gasteiger partial charge in [0.05, 0.1) is 25.4 Å². The van der Waals surface area contributed by atoms with Crippen LogP contribution in [0.2, 0.25) is 0 Å². The zero-order valence-corrected chi connectivity index (χ0v) is 11.9. The zero-order chi connectivity index (χ0) is 13.2. The lowest BCUT2D eigenvalue weighted by atomic mass is 10.1. The molecule has 0 fully saturated rings. The van der Waals surface area contributed by atoms with Crippen molar-refractivity contribution in [2.24, 2.45) is 4.99 Å². The lowest BCUT2D eigenvalue weighted by molar-refractivity contribution is 0.395. The molecule has 98 valence electrons. The lowest BCUT2D eigenvalue weighted by Gasteiger charge is -2.12. The molecule has 0 atom stereocenters. The normalized spacial score (nSPS) is 17.2. The highest BCUT2D eigenvalue weighted by atomic mass is 32.2. The Hall–Kier alpha value is -1.36. The summed E-state index contributed by atoms with van der Waals surface area (Å²) in [7, 11) is 3.29. The van der Waals surface area contributed by atoms with Crippen LogP contribution in [0.4, 0.5) is 5.69 Å². The Labute approximate surface area is 112 Å². The number of amidine groups is 1. The van der Waals surface area contributed by atoms with E-state index >= 15 is 0 Å². The maximum Gasteiger partial charge on any atom is 0.161 e. The number of nitrogens with one attached hydrogen (secondary N) is 1. The van der Waals surface area contributed by atoms with Gasteiger partial charge >= 0.3 is 0 Å². The molecule has 5 heteroatoms. The summed E-state index contributed by atoms with van der Waals surface area (Å²) in [6, 6.07) is 5.69. The van der Waals surface area contributed by atoms with E-state index < -0.39 is 0 Å². The SMILES string of the molecule is COc1ccc(NC2=NC(C)(C)CS2)c(OC)c1. The average Bonchev–Trinajstić information content (AvgIpc) is 2.69. The minimum Gasteiger partial charge on any atom is -0.497 e. The molecule has 0 bridgehead atoms. The topological polar surface area (TPSA) is 42.8 Å². The molecule has 1 N–H and O–H groups in total. The molecule has 0 saturated heterocycles. The summed E-state index contributed by atoms with van der Waals surface area (Å²) in [4.78, 5) is 4.62. The monoisotopic (exact) mass is 266 g/mol. The van der Waals surface area contributed by atoms with Crippen LogP contribution in [-0.4, -0.2) is 30.7 Å². The van der Waals surface area contributed by atoms with Crippen LogP contribution in [0.1, 0.15) is 13.8 Å². The van der Waals surface area contributed by atoms with E-state index in [2.05, 4.69) is 24.2 Å². The highest BCUT2D eigenvalue weighted by Crippen LogP contribution is 2.32. The largest absolute Gasteiger partial charge is 0.497 e. The number of methoxy groups -OCH3 is 2. The zero-order valence-electron chi connectivity index (χ0n) is 11.1. The number of hydrogen-bond donors (Lipinski definition) is 1. The van der Waals surface area contributed by atoms with Crippen molar-refractivity contribution in [3.8, 4) is 11.5 Å². The van der Waals surface area contributed by atoms with Gasteiger partial charge in [-0.05, 0) is 26.0 Å².